The molecular formula is C24H22N4O2. The maximum atomic E-state index is 12.4. The average molecular weight is 398 g/mol. The molecule has 2 aromatic heterocycles. The number of benzene rings is 2. The van der Waals surface area contributed by atoms with Gasteiger partial charge in [-0.1, -0.05) is 42.5 Å². The summed E-state index contributed by atoms with van der Waals surface area (Å²) in [6.07, 6.45) is 3.78. The normalized spacial score (nSPS) is 10.8. The number of amides is 2. The summed E-state index contributed by atoms with van der Waals surface area (Å²) in [6.45, 7) is 1.47. The summed E-state index contributed by atoms with van der Waals surface area (Å²) in [5.41, 5.74) is 5.57. The van der Waals surface area contributed by atoms with Gasteiger partial charge in [0.05, 0.1) is 17.6 Å². The first-order chi connectivity index (χ1) is 14.4. The Labute approximate surface area is 174 Å². The van der Waals surface area contributed by atoms with Crippen molar-refractivity contribution in [3.63, 3.8) is 0 Å². The second kappa shape index (κ2) is 7.83. The SMILES string of the molecule is CC(=O)Nc1cc(-c2cccc(C(=O)N(C)C)c2)cn2c(-c3ccccc3)cnc12. The van der Waals surface area contributed by atoms with Crippen LogP contribution in [0.15, 0.2) is 73.1 Å². The highest BCUT2D eigenvalue weighted by Gasteiger charge is 2.15. The Morgan fingerprint density at radius 3 is 2.37 bits per heavy atom. The van der Waals surface area contributed by atoms with E-state index in [9.17, 15) is 9.59 Å². The molecule has 0 radical (unpaired) electrons. The molecule has 0 unspecified atom stereocenters. The predicted molar refractivity (Wildman–Crippen MR) is 118 cm³/mol. The number of anilines is 1. The van der Waals surface area contributed by atoms with Crippen LogP contribution in [0.2, 0.25) is 0 Å². The summed E-state index contributed by atoms with van der Waals surface area (Å²) in [5, 5.41) is 2.88. The van der Waals surface area contributed by atoms with Crippen molar-refractivity contribution in [2.75, 3.05) is 19.4 Å². The molecule has 2 heterocycles. The lowest BCUT2D eigenvalue weighted by molar-refractivity contribution is -0.114. The average Bonchev–Trinajstić information content (AvgIpc) is 3.18. The number of nitrogens with zero attached hydrogens (tertiary/aromatic N) is 3. The van der Waals surface area contributed by atoms with Gasteiger partial charge in [0, 0.05) is 43.9 Å². The van der Waals surface area contributed by atoms with Crippen molar-refractivity contribution in [3.8, 4) is 22.4 Å². The molecule has 6 heteroatoms. The van der Waals surface area contributed by atoms with E-state index in [0.29, 0.717) is 16.9 Å². The number of hydrogen-bond donors (Lipinski definition) is 1. The van der Waals surface area contributed by atoms with E-state index in [2.05, 4.69) is 10.3 Å². The van der Waals surface area contributed by atoms with Crippen LogP contribution in [0.1, 0.15) is 17.3 Å². The molecule has 4 rings (SSSR count). The molecule has 0 atom stereocenters. The molecule has 0 saturated carbocycles. The van der Waals surface area contributed by atoms with Crippen LogP contribution in [0.4, 0.5) is 5.69 Å². The molecule has 0 bridgehead atoms. The molecule has 4 aromatic rings. The maximum Gasteiger partial charge on any atom is 0.253 e. The second-order valence-electron chi connectivity index (χ2n) is 7.31. The van der Waals surface area contributed by atoms with Crippen LogP contribution in [0.25, 0.3) is 28.0 Å². The van der Waals surface area contributed by atoms with Crippen molar-refractivity contribution in [2.24, 2.45) is 0 Å². The van der Waals surface area contributed by atoms with E-state index in [1.807, 2.05) is 65.2 Å². The minimum absolute atomic E-state index is 0.0624. The zero-order valence-corrected chi connectivity index (χ0v) is 17.1. The van der Waals surface area contributed by atoms with E-state index < -0.39 is 0 Å². The Kier molecular flexibility index (Phi) is 5.06. The topological polar surface area (TPSA) is 66.7 Å². The molecule has 0 aliphatic rings. The zero-order chi connectivity index (χ0) is 21.3. The first kappa shape index (κ1) is 19.4. The van der Waals surface area contributed by atoms with Crippen molar-refractivity contribution in [2.45, 2.75) is 6.92 Å². The largest absolute Gasteiger partial charge is 0.345 e. The monoisotopic (exact) mass is 398 g/mol. The number of imidazole rings is 1. The molecule has 0 aliphatic carbocycles. The molecular weight excluding hydrogens is 376 g/mol. The van der Waals surface area contributed by atoms with Crippen molar-refractivity contribution in [1.29, 1.82) is 0 Å². The molecule has 2 aromatic carbocycles. The van der Waals surface area contributed by atoms with Gasteiger partial charge in [-0.25, -0.2) is 4.98 Å². The minimum atomic E-state index is -0.171. The van der Waals surface area contributed by atoms with Gasteiger partial charge in [0.1, 0.15) is 0 Å². The molecule has 0 spiro atoms. The van der Waals surface area contributed by atoms with Crippen LogP contribution in [0.5, 0.6) is 0 Å². The summed E-state index contributed by atoms with van der Waals surface area (Å²) >= 11 is 0. The minimum Gasteiger partial charge on any atom is -0.345 e. The summed E-state index contributed by atoms with van der Waals surface area (Å²) in [6, 6.07) is 19.3. The first-order valence-corrected chi connectivity index (χ1v) is 9.60. The Morgan fingerprint density at radius 1 is 0.933 bits per heavy atom. The van der Waals surface area contributed by atoms with E-state index in [4.69, 9.17) is 0 Å². The number of nitrogens with one attached hydrogen (secondary N) is 1. The lowest BCUT2D eigenvalue weighted by Crippen LogP contribution is -2.21. The van der Waals surface area contributed by atoms with Crippen LogP contribution in [-0.2, 0) is 4.79 Å². The lowest BCUT2D eigenvalue weighted by Gasteiger charge is -2.13. The van der Waals surface area contributed by atoms with Crippen LogP contribution >= 0.6 is 0 Å². The summed E-state index contributed by atoms with van der Waals surface area (Å²) in [4.78, 5) is 30.3. The Bertz CT molecular complexity index is 1240. The fraction of sp³-hybridized carbons (Fsp3) is 0.125. The van der Waals surface area contributed by atoms with Gasteiger partial charge in [-0.2, -0.15) is 0 Å². The fourth-order valence-corrected chi connectivity index (χ4v) is 3.44. The van der Waals surface area contributed by atoms with E-state index in [0.717, 1.165) is 22.4 Å². The Morgan fingerprint density at radius 2 is 1.67 bits per heavy atom. The molecule has 1 N–H and O–H groups in total. The number of carbonyl (C=O) groups excluding carboxylic acids is 2. The highest BCUT2D eigenvalue weighted by atomic mass is 16.2. The van der Waals surface area contributed by atoms with Crippen molar-refractivity contribution < 1.29 is 9.59 Å². The number of aromatic nitrogens is 2. The third-order valence-electron chi connectivity index (χ3n) is 4.84. The third kappa shape index (κ3) is 3.67. The van der Waals surface area contributed by atoms with Gasteiger partial charge in [-0.15, -0.1) is 0 Å². The number of fused-ring (bicyclic) bond motifs is 1. The van der Waals surface area contributed by atoms with E-state index in [1.165, 1.54) is 6.92 Å². The molecule has 150 valence electrons. The van der Waals surface area contributed by atoms with Gasteiger partial charge >= 0.3 is 0 Å². The standard InChI is InChI=1S/C24H22N4O2/c1-16(29)26-21-13-20(18-10-7-11-19(12-18)24(30)27(2)3)15-28-22(14-25-23(21)28)17-8-5-4-6-9-17/h4-15H,1-3H3,(H,26,29). The second-order valence-corrected chi connectivity index (χ2v) is 7.31. The van der Waals surface area contributed by atoms with Crippen molar-refractivity contribution in [1.82, 2.24) is 14.3 Å². The van der Waals surface area contributed by atoms with Crippen molar-refractivity contribution in [3.05, 3.63) is 78.6 Å². The summed E-state index contributed by atoms with van der Waals surface area (Å²) in [5.74, 6) is -0.234. The Balaban J connectivity index is 1.91. The van der Waals surface area contributed by atoms with Crippen LogP contribution in [0, 0.1) is 0 Å². The van der Waals surface area contributed by atoms with Gasteiger partial charge in [0.15, 0.2) is 5.65 Å². The molecule has 0 aliphatic heterocycles. The number of rotatable bonds is 4. The van der Waals surface area contributed by atoms with E-state index in [1.54, 1.807) is 31.3 Å². The number of pyridine rings is 1. The number of hydrogen-bond acceptors (Lipinski definition) is 3. The summed E-state index contributed by atoms with van der Waals surface area (Å²) in [7, 11) is 3.46. The lowest BCUT2D eigenvalue weighted by atomic mass is 10.0. The predicted octanol–water partition coefficient (Wildman–Crippen LogP) is 4.33. The molecule has 30 heavy (non-hydrogen) atoms. The van der Waals surface area contributed by atoms with Crippen LogP contribution in [0.3, 0.4) is 0 Å². The maximum absolute atomic E-state index is 12.4. The van der Waals surface area contributed by atoms with Crippen molar-refractivity contribution >= 4 is 23.1 Å². The first-order valence-electron chi connectivity index (χ1n) is 9.60. The molecule has 0 saturated heterocycles. The Hall–Kier alpha value is -3.93. The van der Waals surface area contributed by atoms with E-state index in [-0.39, 0.29) is 11.8 Å². The quantitative estimate of drug-likeness (QED) is 0.556. The highest BCUT2D eigenvalue weighted by molar-refractivity contribution is 5.96. The molecule has 0 fully saturated rings. The van der Waals surface area contributed by atoms with Crippen LogP contribution < -0.4 is 5.32 Å². The number of carbonyl (C=O) groups is 2. The van der Waals surface area contributed by atoms with Gasteiger partial charge in [-0.05, 0) is 23.8 Å². The van der Waals surface area contributed by atoms with Gasteiger partial charge < -0.3 is 10.2 Å². The van der Waals surface area contributed by atoms with E-state index >= 15 is 0 Å². The molecule has 6 nitrogen and oxygen atoms in total. The van der Waals surface area contributed by atoms with Crippen LogP contribution in [-0.4, -0.2) is 40.2 Å². The summed E-state index contributed by atoms with van der Waals surface area (Å²) < 4.78 is 1.97. The smallest absolute Gasteiger partial charge is 0.253 e. The zero-order valence-electron chi connectivity index (χ0n) is 17.1. The van der Waals surface area contributed by atoms with Gasteiger partial charge in [-0.3, -0.25) is 14.0 Å². The highest BCUT2D eigenvalue weighted by Crippen LogP contribution is 2.30. The molecule has 2 amide bonds. The van der Waals surface area contributed by atoms with Gasteiger partial charge in [0.2, 0.25) is 5.91 Å². The fourth-order valence-electron chi connectivity index (χ4n) is 3.44. The third-order valence-corrected chi connectivity index (χ3v) is 4.84. The van der Waals surface area contributed by atoms with Gasteiger partial charge in [0.25, 0.3) is 5.91 Å².